The molecule has 0 bridgehead atoms. The first-order chi connectivity index (χ1) is 13.6. The van der Waals surface area contributed by atoms with Crippen molar-refractivity contribution in [2.24, 2.45) is 0 Å². The molecule has 1 aliphatic rings. The zero-order chi connectivity index (χ0) is 19.5. The summed E-state index contributed by atoms with van der Waals surface area (Å²) in [5.74, 6) is 0.967. The fourth-order valence-electron chi connectivity index (χ4n) is 3.34. The summed E-state index contributed by atoms with van der Waals surface area (Å²) in [6.07, 6.45) is 4.10. The highest BCUT2D eigenvalue weighted by molar-refractivity contribution is 14.1. The average Bonchev–Trinajstić information content (AvgIpc) is 3.12. The van der Waals surface area contributed by atoms with Crippen molar-refractivity contribution < 1.29 is 4.74 Å². The molecule has 7 nitrogen and oxygen atoms in total. The maximum atomic E-state index is 6.12. The summed E-state index contributed by atoms with van der Waals surface area (Å²) in [5.41, 5.74) is 3.10. The molecule has 1 unspecified atom stereocenters. The summed E-state index contributed by atoms with van der Waals surface area (Å²) in [4.78, 5) is 9.32. The third-order valence-electron chi connectivity index (χ3n) is 4.92. The zero-order valence-corrected chi connectivity index (χ0v) is 18.3. The van der Waals surface area contributed by atoms with Crippen molar-refractivity contribution >= 4 is 34.2 Å². The van der Waals surface area contributed by atoms with Crippen LogP contribution in [0.4, 0.5) is 5.95 Å². The Bertz CT molecular complexity index is 951. The molecule has 1 saturated heterocycles. The summed E-state index contributed by atoms with van der Waals surface area (Å²) in [7, 11) is 0. The smallest absolute Gasteiger partial charge is 0.322 e. The van der Waals surface area contributed by atoms with Crippen LogP contribution in [0.25, 0.3) is 5.65 Å². The van der Waals surface area contributed by atoms with Crippen molar-refractivity contribution in [3.63, 3.8) is 0 Å². The van der Waals surface area contributed by atoms with Crippen molar-refractivity contribution in [3.05, 3.63) is 45.2 Å². The lowest BCUT2D eigenvalue weighted by molar-refractivity contribution is 0.153. The van der Waals surface area contributed by atoms with E-state index in [4.69, 9.17) is 4.74 Å². The van der Waals surface area contributed by atoms with Gasteiger partial charge in [0, 0.05) is 22.2 Å². The number of rotatable bonds is 6. The van der Waals surface area contributed by atoms with Crippen LogP contribution < -0.4 is 15.4 Å². The Balaban J connectivity index is 1.65. The van der Waals surface area contributed by atoms with Crippen LogP contribution in [0.3, 0.4) is 0 Å². The third kappa shape index (κ3) is 4.22. The molecule has 1 atom stereocenters. The fraction of sp³-hybridized carbons (Fsp3) is 0.450. The van der Waals surface area contributed by atoms with Gasteiger partial charge >= 0.3 is 6.01 Å². The van der Waals surface area contributed by atoms with E-state index in [-0.39, 0.29) is 6.10 Å². The van der Waals surface area contributed by atoms with E-state index >= 15 is 0 Å². The minimum atomic E-state index is 0.101. The first-order valence-electron chi connectivity index (χ1n) is 9.72. The van der Waals surface area contributed by atoms with Crippen LogP contribution in [0.15, 0.2) is 30.5 Å². The number of hydrogen-bond acceptors (Lipinski definition) is 6. The normalized spacial score (nSPS) is 17.2. The highest BCUT2D eigenvalue weighted by atomic mass is 127. The molecule has 1 fully saturated rings. The molecule has 3 heterocycles. The number of hydrogen-bond donors (Lipinski definition) is 2. The minimum absolute atomic E-state index is 0.101. The Morgan fingerprint density at radius 2 is 2.18 bits per heavy atom. The summed E-state index contributed by atoms with van der Waals surface area (Å²) < 4.78 is 9.11. The van der Waals surface area contributed by atoms with E-state index in [9.17, 15) is 0 Å². The average molecular weight is 492 g/mol. The monoisotopic (exact) mass is 492 g/mol. The number of benzene rings is 1. The zero-order valence-electron chi connectivity index (χ0n) is 16.2. The van der Waals surface area contributed by atoms with Crippen LogP contribution in [-0.2, 0) is 6.54 Å². The third-order valence-corrected chi connectivity index (χ3v) is 5.97. The predicted octanol–water partition coefficient (Wildman–Crippen LogP) is 3.60. The topological polar surface area (TPSA) is 76.4 Å². The summed E-state index contributed by atoms with van der Waals surface area (Å²) in [5, 5.41) is 11.3. The van der Waals surface area contributed by atoms with Crippen LogP contribution in [0.5, 0.6) is 6.01 Å². The largest absolute Gasteiger partial charge is 0.459 e. The van der Waals surface area contributed by atoms with E-state index in [1.807, 2.05) is 18.3 Å². The lowest BCUT2D eigenvalue weighted by Crippen LogP contribution is -2.37. The number of halogens is 1. The van der Waals surface area contributed by atoms with Crippen LogP contribution in [0, 0.1) is 3.57 Å². The maximum Gasteiger partial charge on any atom is 0.322 e. The second-order valence-corrected chi connectivity index (χ2v) is 8.51. The van der Waals surface area contributed by atoms with Crippen molar-refractivity contribution in [2.75, 3.05) is 18.4 Å². The Kier molecular flexibility index (Phi) is 5.96. The fourth-order valence-corrected chi connectivity index (χ4v) is 3.91. The number of anilines is 1. The molecule has 2 N–H and O–H groups in total. The molecule has 2 aromatic heterocycles. The van der Waals surface area contributed by atoms with Gasteiger partial charge in [-0.2, -0.15) is 19.6 Å². The van der Waals surface area contributed by atoms with Crippen molar-refractivity contribution in [3.8, 4) is 6.01 Å². The van der Waals surface area contributed by atoms with Gasteiger partial charge in [0.25, 0.3) is 0 Å². The van der Waals surface area contributed by atoms with Crippen molar-refractivity contribution in [2.45, 2.75) is 45.3 Å². The summed E-state index contributed by atoms with van der Waals surface area (Å²) in [6.45, 7) is 6.82. The lowest BCUT2D eigenvalue weighted by atomic mass is 10.1. The summed E-state index contributed by atoms with van der Waals surface area (Å²) in [6, 6.07) is 8.71. The number of aromatic nitrogens is 4. The molecule has 0 aliphatic carbocycles. The van der Waals surface area contributed by atoms with Gasteiger partial charge in [0.1, 0.15) is 6.10 Å². The number of ether oxygens (including phenoxy) is 1. The van der Waals surface area contributed by atoms with Crippen LogP contribution in [0.2, 0.25) is 0 Å². The Morgan fingerprint density at radius 1 is 1.32 bits per heavy atom. The van der Waals surface area contributed by atoms with Crippen LogP contribution >= 0.6 is 22.6 Å². The van der Waals surface area contributed by atoms with Gasteiger partial charge in [-0.3, -0.25) is 0 Å². The Labute approximate surface area is 178 Å². The second-order valence-electron chi connectivity index (χ2n) is 7.35. The van der Waals surface area contributed by atoms with Crippen LogP contribution in [0.1, 0.15) is 43.7 Å². The van der Waals surface area contributed by atoms with E-state index in [0.717, 1.165) is 37.1 Å². The molecular formula is C20H25IN6O. The van der Waals surface area contributed by atoms with Gasteiger partial charge in [-0.1, -0.05) is 32.0 Å². The molecule has 1 aliphatic heterocycles. The van der Waals surface area contributed by atoms with Crippen molar-refractivity contribution in [1.29, 1.82) is 0 Å². The highest BCUT2D eigenvalue weighted by Gasteiger charge is 2.20. The van der Waals surface area contributed by atoms with Gasteiger partial charge in [0.15, 0.2) is 5.65 Å². The molecule has 3 aromatic rings. The molecule has 0 saturated carbocycles. The number of nitrogens with zero attached hydrogens (tertiary/aromatic N) is 4. The summed E-state index contributed by atoms with van der Waals surface area (Å²) >= 11 is 2.35. The Morgan fingerprint density at radius 3 is 2.93 bits per heavy atom. The predicted molar refractivity (Wildman–Crippen MR) is 118 cm³/mol. The molecular weight excluding hydrogens is 467 g/mol. The van der Waals surface area contributed by atoms with Crippen molar-refractivity contribution in [1.82, 2.24) is 24.9 Å². The first kappa shape index (κ1) is 19.4. The van der Waals surface area contributed by atoms with Gasteiger partial charge in [-0.05, 0) is 59.5 Å². The number of piperidine rings is 1. The molecule has 0 radical (unpaired) electrons. The van der Waals surface area contributed by atoms with Gasteiger partial charge < -0.3 is 15.4 Å². The molecule has 4 rings (SSSR count). The Hall–Kier alpha value is -1.94. The minimum Gasteiger partial charge on any atom is -0.459 e. The number of nitrogens with one attached hydrogen (secondary N) is 2. The first-order valence-corrected chi connectivity index (χ1v) is 10.8. The molecule has 148 valence electrons. The second kappa shape index (κ2) is 8.60. The van der Waals surface area contributed by atoms with Crippen LogP contribution in [-0.4, -0.2) is 38.8 Å². The quantitative estimate of drug-likeness (QED) is 0.513. The van der Waals surface area contributed by atoms with Gasteiger partial charge in [-0.15, -0.1) is 0 Å². The van der Waals surface area contributed by atoms with E-state index in [0.29, 0.717) is 24.4 Å². The lowest BCUT2D eigenvalue weighted by Gasteiger charge is -2.23. The van der Waals surface area contributed by atoms with Gasteiger partial charge in [0.2, 0.25) is 5.95 Å². The van der Waals surface area contributed by atoms with E-state index in [1.54, 1.807) is 4.52 Å². The SMILES string of the molecule is CC(C)c1cnn2c(NCc3ccccc3I)nc(OC3CCCNC3)nc12. The molecule has 0 amide bonds. The molecule has 1 aromatic carbocycles. The van der Waals surface area contributed by atoms with Gasteiger partial charge in [-0.25, -0.2) is 0 Å². The number of fused-ring (bicyclic) bond motifs is 1. The standard InChI is InChI=1S/C20H25IN6O/c1-13(2)16-12-24-27-18(16)25-20(28-15-7-5-9-22-11-15)26-19(27)23-10-14-6-3-4-8-17(14)21/h3-4,6,8,12-13,15,22H,5,7,9-11H2,1-2H3,(H,23,25,26). The maximum absolute atomic E-state index is 6.12. The van der Waals surface area contributed by atoms with Gasteiger partial charge in [0.05, 0.1) is 6.20 Å². The molecule has 8 heteroatoms. The molecule has 0 spiro atoms. The van der Waals surface area contributed by atoms with E-state index in [2.05, 4.69) is 74.3 Å². The van der Waals surface area contributed by atoms with E-state index in [1.165, 1.54) is 9.13 Å². The highest BCUT2D eigenvalue weighted by Crippen LogP contribution is 2.24. The molecule has 28 heavy (non-hydrogen) atoms. The van der Waals surface area contributed by atoms with E-state index < -0.39 is 0 Å².